The lowest BCUT2D eigenvalue weighted by atomic mass is 10.5. The second-order valence-electron chi connectivity index (χ2n) is 3.32. The van der Waals surface area contributed by atoms with Crippen molar-refractivity contribution in [3.63, 3.8) is 0 Å². The van der Waals surface area contributed by atoms with Gasteiger partial charge in [0.15, 0.2) is 0 Å². The number of guanidine groups is 1. The van der Waals surface area contributed by atoms with E-state index in [9.17, 15) is 4.79 Å². The van der Waals surface area contributed by atoms with Crippen LogP contribution in [0, 0.1) is 0 Å². The van der Waals surface area contributed by atoms with E-state index in [0.717, 1.165) is 4.79 Å². The summed E-state index contributed by atoms with van der Waals surface area (Å²) >= 11 is 0. The molecule has 10 heteroatoms. The quantitative estimate of drug-likeness (QED) is 0.751. The normalized spacial score (nSPS) is 16.3. The van der Waals surface area contributed by atoms with Crippen molar-refractivity contribution < 1.29 is 19.3 Å². The summed E-state index contributed by atoms with van der Waals surface area (Å²) in [6, 6.07) is 0. The highest BCUT2D eigenvalue weighted by molar-refractivity contribution is 5.84. The fraction of sp³-hybridized carbons (Fsp3) is 0.750. The van der Waals surface area contributed by atoms with E-state index in [-0.39, 0.29) is 5.96 Å². The lowest BCUT2D eigenvalue weighted by molar-refractivity contribution is -0.894. The highest BCUT2D eigenvalue weighted by atomic mass is 16.8. The van der Waals surface area contributed by atoms with Crippen LogP contribution >= 0.6 is 0 Å². The molecule has 2 aliphatic rings. The van der Waals surface area contributed by atoms with E-state index < -0.39 is 6.09 Å². The maximum atomic E-state index is 10.3. The Labute approximate surface area is 104 Å². The van der Waals surface area contributed by atoms with Gasteiger partial charge in [-0.05, 0) is 20.8 Å². The third-order valence-electron chi connectivity index (χ3n) is 2.36. The smallest absolute Gasteiger partial charge is 0.457 e. The third kappa shape index (κ3) is 4.05. The van der Waals surface area contributed by atoms with Gasteiger partial charge in [-0.1, -0.05) is 0 Å². The molecule has 0 radical (unpaired) electrons. The summed E-state index contributed by atoms with van der Waals surface area (Å²) in [6.07, 6.45) is -0.824. The molecule has 100 valence electrons. The van der Waals surface area contributed by atoms with E-state index in [1.807, 2.05) is 0 Å². The summed E-state index contributed by atoms with van der Waals surface area (Å²) in [4.78, 5) is 16.9. The summed E-state index contributed by atoms with van der Waals surface area (Å²) in [5, 5.41) is 13.0. The zero-order valence-corrected chi connectivity index (χ0v) is 10.6. The van der Waals surface area contributed by atoms with Gasteiger partial charge in [-0.3, -0.25) is 4.79 Å². The lowest BCUT2D eigenvalue weighted by Gasteiger charge is -2.14. The fourth-order valence-corrected chi connectivity index (χ4v) is 1.24. The molecule has 0 spiro atoms. The standard InChI is InChI=1S/C6H15N.C2N7O2/c1-4-7(5-2)6-3;10-2-5-9(8-11-2)1-3-6-7-4-1/h4-6H2,1-3H3;/q;-1/p+1. The van der Waals surface area contributed by atoms with Crippen molar-refractivity contribution in [3.05, 3.63) is 11.0 Å². The highest BCUT2D eigenvalue weighted by Crippen LogP contribution is 2.15. The first kappa shape index (κ1) is 14.0. The SMILES string of the molecule is CC[NH+](CC)CC.O=C1[N-][N+](=C2N=NN=N2)[N-]O1. The molecule has 1 saturated heterocycles. The molecule has 2 rings (SSSR count). The Bertz CT molecular complexity index is 354. The van der Waals surface area contributed by atoms with Crippen LogP contribution < -0.4 is 4.90 Å². The Hall–Kier alpha value is -2.10. The minimum atomic E-state index is -0.824. The predicted molar refractivity (Wildman–Crippen MR) is 60.8 cm³/mol. The van der Waals surface area contributed by atoms with Crippen LogP contribution in [0.1, 0.15) is 20.8 Å². The van der Waals surface area contributed by atoms with Gasteiger partial charge < -0.3 is 25.5 Å². The number of carbonyl (C=O) groups is 1. The molecule has 0 aromatic heterocycles. The van der Waals surface area contributed by atoms with E-state index in [2.05, 4.69) is 57.3 Å². The first-order chi connectivity index (χ1) is 8.71. The van der Waals surface area contributed by atoms with E-state index >= 15 is 0 Å². The van der Waals surface area contributed by atoms with Crippen LogP contribution in [0.25, 0.3) is 11.0 Å². The average Bonchev–Trinajstić information content (AvgIpc) is 3.02. The molecule has 2 aliphatic heterocycles. The van der Waals surface area contributed by atoms with Gasteiger partial charge in [0.2, 0.25) is 6.09 Å². The third-order valence-corrected chi connectivity index (χ3v) is 2.36. The van der Waals surface area contributed by atoms with Gasteiger partial charge in [0.05, 0.1) is 40.3 Å². The molecule has 0 unspecified atom stereocenters. The minimum Gasteiger partial charge on any atom is -0.517 e. The minimum absolute atomic E-state index is 0.00384. The van der Waals surface area contributed by atoms with Crippen LogP contribution in [0.5, 0.6) is 0 Å². The number of nitrogens with one attached hydrogen (secondary N) is 1. The van der Waals surface area contributed by atoms with Gasteiger partial charge in [0, 0.05) is 0 Å². The Balaban J connectivity index is 0.000000203. The van der Waals surface area contributed by atoms with Gasteiger partial charge in [-0.25, -0.2) is 0 Å². The number of amides is 1. The number of quaternary nitrogens is 1. The lowest BCUT2D eigenvalue weighted by Crippen LogP contribution is -3.11. The number of carbonyl (C=O) groups excluding carboxylic acids is 1. The molecule has 0 saturated carbocycles. The summed E-state index contributed by atoms with van der Waals surface area (Å²) < 4.78 is 0. The molecule has 18 heavy (non-hydrogen) atoms. The molecule has 0 aliphatic carbocycles. The molecule has 0 aromatic rings. The number of hydrogen-bond donors (Lipinski definition) is 1. The predicted octanol–water partition coefficient (Wildman–Crippen LogP) is 0.762. The summed E-state index contributed by atoms with van der Waals surface area (Å²) in [6.45, 7) is 10.5. The largest absolute Gasteiger partial charge is 0.517 e. The van der Waals surface area contributed by atoms with Gasteiger partial charge in [-0.15, -0.1) is 0 Å². The van der Waals surface area contributed by atoms with Crippen LogP contribution in [0.3, 0.4) is 0 Å². The summed E-state index contributed by atoms with van der Waals surface area (Å²) in [5.74, 6) is -0.00384. The van der Waals surface area contributed by atoms with Gasteiger partial charge in [0.1, 0.15) is 0 Å². The topological polar surface area (TPSA) is 111 Å². The van der Waals surface area contributed by atoms with Gasteiger partial charge in [0.25, 0.3) is 0 Å². The molecule has 2 heterocycles. The summed E-state index contributed by atoms with van der Waals surface area (Å²) in [5.41, 5.74) is 6.40. The van der Waals surface area contributed by atoms with E-state index in [0.29, 0.717) is 0 Å². The van der Waals surface area contributed by atoms with E-state index in [1.165, 1.54) is 19.6 Å². The van der Waals surface area contributed by atoms with Crippen molar-refractivity contribution in [2.45, 2.75) is 20.8 Å². The molecule has 1 fully saturated rings. The zero-order valence-electron chi connectivity index (χ0n) is 10.6. The molecule has 0 aromatic carbocycles. The molecular formula is C8H16N8O2. The van der Waals surface area contributed by atoms with Crippen LogP contribution in [-0.4, -0.2) is 36.5 Å². The maximum absolute atomic E-state index is 10.3. The van der Waals surface area contributed by atoms with Gasteiger partial charge in [-0.2, -0.15) is 0 Å². The Kier molecular flexibility index (Phi) is 5.64. The number of rotatable bonds is 3. The molecule has 1 N–H and O–H groups in total. The Morgan fingerprint density at radius 3 is 2.06 bits per heavy atom. The van der Waals surface area contributed by atoms with Crippen LogP contribution in [-0.2, 0) is 4.84 Å². The van der Waals surface area contributed by atoms with Crippen molar-refractivity contribution in [1.82, 2.24) is 0 Å². The van der Waals surface area contributed by atoms with E-state index in [1.54, 1.807) is 4.90 Å². The number of hydrogen-bond acceptors (Lipinski definition) is 4. The van der Waals surface area contributed by atoms with Crippen LogP contribution in [0.15, 0.2) is 20.7 Å². The van der Waals surface area contributed by atoms with Crippen molar-refractivity contribution >= 4 is 12.1 Å². The van der Waals surface area contributed by atoms with Crippen molar-refractivity contribution in [3.8, 4) is 0 Å². The average molecular weight is 256 g/mol. The van der Waals surface area contributed by atoms with Crippen molar-refractivity contribution in [2.75, 3.05) is 19.6 Å². The first-order valence-electron chi connectivity index (χ1n) is 5.67. The Morgan fingerprint density at radius 2 is 1.72 bits per heavy atom. The monoisotopic (exact) mass is 256 g/mol. The van der Waals surface area contributed by atoms with Gasteiger partial charge >= 0.3 is 5.96 Å². The molecule has 10 nitrogen and oxygen atoms in total. The van der Waals surface area contributed by atoms with Crippen molar-refractivity contribution in [1.29, 1.82) is 0 Å². The maximum Gasteiger partial charge on any atom is 0.457 e. The Morgan fingerprint density at radius 1 is 1.17 bits per heavy atom. The molecule has 0 bridgehead atoms. The zero-order chi connectivity index (χ0) is 13.4. The van der Waals surface area contributed by atoms with Crippen LogP contribution in [0.4, 0.5) is 4.79 Å². The second kappa shape index (κ2) is 7.27. The van der Waals surface area contributed by atoms with Crippen LogP contribution in [0.2, 0.25) is 0 Å². The second-order valence-corrected chi connectivity index (χ2v) is 3.32. The summed E-state index contributed by atoms with van der Waals surface area (Å²) in [7, 11) is 0. The van der Waals surface area contributed by atoms with E-state index in [4.69, 9.17) is 0 Å². The number of nitrogens with zero attached hydrogens (tertiary/aromatic N) is 7. The highest BCUT2D eigenvalue weighted by Gasteiger charge is 2.13. The molecule has 1 amide bonds. The van der Waals surface area contributed by atoms with Crippen molar-refractivity contribution in [2.24, 2.45) is 20.7 Å². The fourth-order valence-electron chi connectivity index (χ4n) is 1.24. The first-order valence-corrected chi connectivity index (χ1v) is 5.67. The molecule has 0 atom stereocenters. The molecular weight excluding hydrogens is 240 g/mol.